The highest BCUT2D eigenvalue weighted by molar-refractivity contribution is 8.02. The summed E-state index contributed by atoms with van der Waals surface area (Å²) in [5.41, 5.74) is 0.634. The van der Waals surface area contributed by atoms with Crippen molar-refractivity contribution < 1.29 is 22.7 Å². The van der Waals surface area contributed by atoms with E-state index in [0.29, 0.717) is 18.7 Å². The molecule has 134 valence electrons. The fourth-order valence-electron chi connectivity index (χ4n) is 2.63. The van der Waals surface area contributed by atoms with Crippen molar-refractivity contribution in [2.75, 3.05) is 29.2 Å². The van der Waals surface area contributed by atoms with E-state index in [0.717, 1.165) is 5.75 Å². The van der Waals surface area contributed by atoms with Crippen molar-refractivity contribution in [1.29, 1.82) is 0 Å². The van der Waals surface area contributed by atoms with Crippen LogP contribution >= 0.6 is 11.8 Å². The molecule has 25 heavy (non-hydrogen) atoms. The number of sulfone groups is 1. The Morgan fingerprint density at radius 2 is 2.00 bits per heavy atom. The van der Waals surface area contributed by atoms with Crippen LogP contribution in [0.3, 0.4) is 0 Å². The van der Waals surface area contributed by atoms with E-state index in [4.69, 9.17) is 4.74 Å². The number of carbonyl (C=O) groups excluding carboxylic acids is 2. The molecule has 1 aromatic carbocycles. The van der Waals surface area contributed by atoms with E-state index in [1.807, 2.05) is 0 Å². The van der Waals surface area contributed by atoms with Gasteiger partial charge in [-0.2, -0.15) is 0 Å². The molecule has 0 aliphatic carbocycles. The van der Waals surface area contributed by atoms with Crippen molar-refractivity contribution in [2.45, 2.75) is 12.5 Å². The molecule has 2 amide bonds. The summed E-state index contributed by atoms with van der Waals surface area (Å²) >= 11 is 1.49. The summed E-state index contributed by atoms with van der Waals surface area (Å²) in [5, 5.41) is 7.05. The first-order chi connectivity index (χ1) is 11.9. The van der Waals surface area contributed by atoms with E-state index in [1.165, 1.54) is 11.8 Å². The van der Waals surface area contributed by atoms with Gasteiger partial charge in [0.25, 0.3) is 11.8 Å². The van der Waals surface area contributed by atoms with Crippen LogP contribution in [0.2, 0.25) is 0 Å². The fourth-order valence-corrected chi connectivity index (χ4v) is 4.93. The molecule has 9 heteroatoms. The Morgan fingerprint density at radius 3 is 2.68 bits per heavy atom. The Labute approximate surface area is 150 Å². The normalized spacial score (nSPS) is 21.8. The lowest BCUT2D eigenvalue weighted by molar-refractivity contribution is -0.116. The average molecular weight is 382 g/mol. The molecule has 2 heterocycles. The highest BCUT2D eigenvalue weighted by Gasteiger charge is 2.29. The summed E-state index contributed by atoms with van der Waals surface area (Å²) in [6, 6.07) is 6.19. The number of anilines is 1. The molecule has 2 N–H and O–H groups in total. The second-order valence-electron chi connectivity index (χ2n) is 5.77. The van der Waals surface area contributed by atoms with Gasteiger partial charge in [-0.15, -0.1) is 11.8 Å². The van der Waals surface area contributed by atoms with Crippen LogP contribution in [-0.4, -0.2) is 50.1 Å². The van der Waals surface area contributed by atoms with Gasteiger partial charge < -0.3 is 15.4 Å². The molecule has 2 aliphatic rings. The van der Waals surface area contributed by atoms with Crippen molar-refractivity contribution in [2.24, 2.45) is 0 Å². The number of thioether (sulfide) groups is 1. The smallest absolute Gasteiger partial charge is 0.291 e. The van der Waals surface area contributed by atoms with Gasteiger partial charge in [-0.25, -0.2) is 8.42 Å². The number of rotatable bonds is 4. The first-order valence-corrected chi connectivity index (χ1v) is 10.7. The monoisotopic (exact) mass is 382 g/mol. The zero-order valence-electron chi connectivity index (χ0n) is 13.4. The molecule has 0 bridgehead atoms. The molecule has 3 rings (SSSR count). The fraction of sp³-hybridized carbons (Fsp3) is 0.375. The van der Waals surface area contributed by atoms with E-state index in [2.05, 4.69) is 10.6 Å². The Balaban J connectivity index is 1.71. The molecule has 7 nitrogen and oxygen atoms in total. The van der Waals surface area contributed by atoms with Gasteiger partial charge in [-0.1, -0.05) is 12.1 Å². The molecule has 0 spiro atoms. The minimum atomic E-state index is -3.08. The zero-order chi connectivity index (χ0) is 17.9. The van der Waals surface area contributed by atoms with Gasteiger partial charge in [0.1, 0.15) is 0 Å². The Kier molecular flexibility index (Phi) is 5.33. The van der Waals surface area contributed by atoms with Gasteiger partial charge in [0.15, 0.2) is 15.6 Å². The summed E-state index contributed by atoms with van der Waals surface area (Å²) in [4.78, 5) is 24.7. The van der Waals surface area contributed by atoms with E-state index < -0.39 is 27.7 Å². The summed E-state index contributed by atoms with van der Waals surface area (Å²) < 4.78 is 28.3. The highest BCUT2D eigenvalue weighted by Crippen LogP contribution is 2.20. The SMILES string of the molecule is O=C(Nc1ccccc1C(=O)NC1CCS(=O)(=O)C1)C1=CSCCO1. The number of hydrogen-bond donors (Lipinski definition) is 2. The van der Waals surface area contributed by atoms with Crippen LogP contribution in [0.25, 0.3) is 0 Å². The summed E-state index contributed by atoms with van der Waals surface area (Å²) in [6.07, 6.45) is 0.403. The first kappa shape index (κ1) is 17.8. The Bertz CT molecular complexity index is 820. The summed E-state index contributed by atoms with van der Waals surface area (Å²) in [6.45, 7) is 0.461. The lowest BCUT2D eigenvalue weighted by Crippen LogP contribution is -2.36. The number of amides is 2. The molecule has 1 saturated heterocycles. The number of ether oxygens (including phenoxy) is 1. The van der Waals surface area contributed by atoms with Crippen LogP contribution in [0.5, 0.6) is 0 Å². The third-order valence-electron chi connectivity index (χ3n) is 3.86. The molecule has 0 radical (unpaired) electrons. The minimum Gasteiger partial charge on any atom is -0.487 e. The molecule has 1 atom stereocenters. The molecule has 1 unspecified atom stereocenters. The molecular weight excluding hydrogens is 364 g/mol. The third kappa shape index (κ3) is 4.55. The predicted octanol–water partition coefficient (Wildman–Crippen LogP) is 1.15. The Morgan fingerprint density at radius 1 is 1.20 bits per heavy atom. The molecule has 1 aromatic rings. The number of benzene rings is 1. The van der Waals surface area contributed by atoms with Crippen molar-refractivity contribution in [1.82, 2.24) is 5.32 Å². The molecule has 2 aliphatic heterocycles. The lowest BCUT2D eigenvalue weighted by atomic mass is 10.1. The van der Waals surface area contributed by atoms with E-state index in [-0.39, 0.29) is 22.8 Å². The van der Waals surface area contributed by atoms with Gasteiger partial charge in [-0.05, 0) is 18.6 Å². The molecule has 0 aromatic heterocycles. The van der Waals surface area contributed by atoms with Gasteiger partial charge >= 0.3 is 0 Å². The zero-order valence-corrected chi connectivity index (χ0v) is 15.0. The summed E-state index contributed by atoms with van der Waals surface area (Å²) in [5.74, 6) is 0.209. The third-order valence-corrected chi connectivity index (χ3v) is 6.41. The number of carbonyl (C=O) groups is 2. The van der Waals surface area contributed by atoms with Crippen LogP contribution in [0.4, 0.5) is 5.69 Å². The van der Waals surface area contributed by atoms with Crippen molar-refractivity contribution in [3.8, 4) is 0 Å². The number of hydrogen-bond acceptors (Lipinski definition) is 6. The van der Waals surface area contributed by atoms with Crippen LogP contribution in [-0.2, 0) is 19.4 Å². The van der Waals surface area contributed by atoms with Crippen LogP contribution < -0.4 is 10.6 Å². The first-order valence-electron chi connectivity index (χ1n) is 7.81. The molecule has 1 fully saturated rings. The number of para-hydroxylation sites is 1. The second-order valence-corrected chi connectivity index (χ2v) is 8.98. The van der Waals surface area contributed by atoms with E-state index >= 15 is 0 Å². The minimum absolute atomic E-state index is 0.0504. The van der Waals surface area contributed by atoms with Crippen molar-refractivity contribution in [3.63, 3.8) is 0 Å². The standard InChI is InChI=1S/C16H18N2O5S2/c19-15(17-11-5-8-25(21,22)10-11)12-3-1-2-4-13(12)18-16(20)14-9-24-7-6-23-14/h1-4,9,11H,5-8,10H2,(H,17,19)(H,18,20). The van der Waals surface area contributed by atoms with Crippen LogP contribution in [0.1, 0.15) is 16.8 Å². The maximum Gasteiger partial charge on any atom is 0.291 e. The molecule has 0 saturated carbocycles. The number of nitrogens with one attached hydrogen (secondary N) is 2. The van der Waals surface area contributed by atoms with Gasteiger partial charge in [0.05, 0.1) is 29.4 Å². The largest absolute Gasteiger partial charge is 0.487 e. The van der Waals surface area contributed by atoms with Crippen molar-refractivity contribution in [3.05, 3.63) is 41.0 Å². The van der Waals surface area contributed by atoms with Gasteiger partial charge in [-0.3, -0.25) is 9.59 Å². The van der Waals surface area contributed by atoms with E-state index in [1.54, 1.807) is 29.7 Å². The average Bonchev–Trinajstić information content (AvgIpc) is 2.94. The van der Waals surface area contributed by atoms with Gasteiger partial charge in [0.2, 0.25) is 0 Å². The maximum absolute atomic E-state index is 12.5. The predicted molar refractivity (Wildman–Crippen MR) is 96.1 cm³/mol. The van der Waals surface area contributed by atoms with E-state index in [9.17, 15) is 18.0 Å². The quantitative estimate of drug-likeness (QED) is 0.810. The van der Waals surface area contributed by atoms with Gasteiger partial charge in [0, 0.05) is 17.2 Å². The highest BCUT2D eigenvalue weighted by atomic mass is 32.2. The topological polar surface area (TPSA) is 102 Å². The van der Waals surface area contributed by atoms with Crippen LogP contribution in [0.15, 0.2) is 35.4 Å². The lowest BCUT2D eigenvalue weighted by Gasteiger charge is -2.16. The van der Waals surface area contributed by atoms with Crippen LogP contribution in [0, 0.1) is 0 Å². The Hall–Kier alpha value is -2.00. The maximum atomic E-state index is 12.5. The summed E-state index contributed by atoms with van der Waals surface area (Å²) in [7, 11) is -3.08. The second kappa shape index (κ2) is 7.49. The molecular formula is C16H18N2O5S2. The van der Waals surface area contributed by atoms with Crippen molar-refractivity contribution >= 4 is 39.1 Å².